The molecule has 2 atom stereocenters. The zero-order chi connectivity index (χ0) is 15.5. The van der Waals surface area contributed by atoms with Crippen molar-refractivity contribution in [1.82, 2.24) is 9.55 Å². The van der Waals surface area contributed by atoms with Crippen molar-refractivity contribution in [3.05, 3.63) is 46.4 Å². The zero-order valence-corrected chi connectivity index (χ0v) is 12.4. The maximum absolute atomic E-state index is 12.2. The van der Waals surface area contributed by atoms with Crippen molar-refractivity contribution in [3.8, 4) is 0 Å². The van der Waals surface area contributed by atoms with Gasteiger partial charge in [-0.3, -0.25) is 4.57 Å². The third-order valence-electron chi connectivity index (χ3n) is 3.74. The number of aromatic nitrogens is 2. The molecule has 2 aromatic rings. The summed E-state index contributed by atoms with van der Waals surface area (Å²) in [5.74, 6) is 1.31. The summed E-state index contributed by atoms with van der Waals surface area (Å²) in [4.78, 5) is 16.3. The second-order valence-corrected chi connectivity index (χ2v) is 5.37. The summed E-state index contributed by atoms with van der Waals surface area (Å²) in [5, 5.41) is 12.2. The molecule has 1 fully saturated rings. The molecule has 22 heavy (non-hydrogen) atoms. The van der Waals surface area contributed by atoms with E-state index in [9.17, 15) is 4.79 Å². The van der Waals surface area contributed by atoms with E-state index in [-0.39, 0.29) is 24.6 Å². The van der Waals surface area contributed by atoms with Crippen molar-refractivity contribution in [3.63, 3.8) is 0 Å². The summed E-state index contributed by atoms with van der Waals surface area (Å²) in [6.07, 6.45) is 4.23. The van der Waals surface area contributed by atoms with Crippen LogP contribution in [0.2, 0.25) is 0 Å². The molecule has 1 aliphatic rings. The Kier molecular flexibility index (Phi) is 4.26. The van der Waals surface area contributed by atoms with E-state index in [1.54, 1.807) is 12.5 Å². The monoisotopic (exact) mass is 305 g/mol. The number of hydrogen-bond acceptors (Lipinski definition) is 6. The minimum Gasteiger partial charge on any atom is -0.467 e. The van der Waals surface area contributed by atoms with Gasteiger partial charge in [0.1, 0.15) is 17.8 Å². The molecule has 7 nitrogen and oxygen atoms in total. The Labute approximate surface area is 127 Å². The van der Waals surface area contributed by atoms with Gasteiger partial charge in [0.15, 0.2) is 0 Å². The van der Waals surface area contributed by atoms with Gasteiger partial charge in [-0.2, -0.15) is 4.98 Å². The molecule has 0 aromatic carbocycles. The highest BCUT2D eigenvalue weighted by molar-refractivity contribution is 5.41. The van der Waals surface area contributed by atoms with Crippen LogP contribution < -0.4 is 11.0 Å². The minimum absolute atomic E-state index is 0.0273. The number of nitrogens with zero attached hydrogens (tertiary/aromatic N) is 2. The van der Waals surface area contributed by atoms with Gasteiger partial charge in [-0.15, -0.1) is 0 Å². The molecule has 0 saturated carbocycles. The Morgan fingerprint density at radius 2 is 2.36 bits per heavy atom. The Morgan fingerprint density at radius 3 is 3.05 bits per heavy atom. The average Bonchev–Trinajstić information content (AvgIpc) is 3.18. The van der Waals surface area contributed by atoms with Gasteiger partial charge in [-0.05, 0) is 31.9 Å². The minimum atomic E-state index is -0.365. The van der Waals surface area contributed by atoms with Gasteiger partial charge in [0.25, 0.3) is 0 Å². The number of rotatable bonds is 5. The fourth-order valence-corrected chi connectivity index (χ4v) is 2.56. The summed E-state index contributed by atoms with van der Waals surface area (Å²) in [6.45, 7) is 2.32. The maximum atomic E-state index is 12.2. The highest BCUT2D eigenvalue weighted by atomic mass is 16.5. The van der Waals surface area contributed by atoms with E-state index in [2.05, 4.69) is 10.3 Å². The number of nitrogens with one attached hydrogen (secondary N) is 1. The summed E-state index contributed by atoms with van der Waals surface area (Å²) >= 11 is 0. The molecule has 0 bridgehead atoms. The smallest absolute Gasteiger partial charge is 0.351 e. The first-order valence-corrected chi connectivity index (χ1v) is 7.29. The number of aryl methyl sites for hydroxylation is 1. The lowest BCUT2D eigenvalue weighted by atomic mass is 10.2. The fraction of sp³-hybridized carbons (Fsp3) is 0.467. The fourth-order valence-electron chi connectivity index (χ4n) is 2.56. The second kappa shape index (κ2) is 6.33. The summed E-state index contributed by atoms with van der Waals surface area (Å²) in [6, 6.07) is 3.66. The highest BCUT2D eigenvalue weighted by Gasteiger charge is 2.27. The molecule has 7 heteroatoms. The molecule has 3 rings (SSSR count). The molecule has 1 unspecified atom stereocenters. The van der Waals surface area contributed by atoms with Gasteiger partial charge in [-0.25, -0.2) is 4.79 Å². The first kappa shape index (κ1) is 14.8. The zero-order valence-electron chi connectivity index (χ0n) is 12.4. The second-order valence-electron chi connectivity index (χ2n) is 5.37. The first-order valence-electron chi connectivity index (χ1n) is 7.29. The predicted molar refractivity (Wildman–Crippen MR) is 79.5 cm³/mol. The van der Waals surface area contributed by atoms with Crippen LogP contribution in [0.15, 0.2) is 33.8 Å². The molecule has 0 aliphatic carbocycles. The topological polar surface area (TPSA) is 89.5 Å². The van der Waals surface area contributed by atoms with Crippen LogP contribution in [-0.4, -0.2) is 27.4 Å². The molecular weight excluding hydrogens is 286 g/mol. The molecule has 1 saturated heterocycles. The lowest BCUT2D eigenvalue weighted by molar-refractivity contribution is -0.0246. The van der Waals surface area contributed by atoms with Crippen LogP contribution in [0.1, 0.15) is 30.4 Å². The van der Waals surface area contributed by atoms with E-state index in [1.165, 1.54) is 4.57 Å². The highest BCUT2D eigenvalue weighted by Crippen LogP contribution is 2.27. The third-order valence-corrected chi connectivity index (χ3v) is 3.74. The number of aliphatic hydroxyl groups excluding tert-OH is 1. The lowest BCUT2D eigenvalue weighted by Crippen LogP contribution is -2.28. The van der Waals surface area contributed by atoms with Gasteiger partial charge in [0.05, 0.1) is 25.5 Å². The third kappa shape index (κ3) is 3.05. The normalized spacial score (nSPS) is 21.2. The summed E-state index contributed by atoms with van der Waals surface area (Å²) in [7, 11) is 0. The molecule has 0 radical (unpaired) electrons. The van der Waals surface area contributed by atoms with E-state index in [4.69, 9.17) is 14.3 Å². The molecule has 1 aliphatic heterocycles. The van der Waals surface area contributed by atoms with Gasteiger partial charge in [-0.1, -0.05) is 0 Å². The van der Waals surface area contributed by atoms with Crippen molar-refractivity contribution in [1.29, 1.82) is 0 Å². The van der Waals surface area contributed by atoms with Crippen LogP contribution in [0.5, 0.6) is 0 Å². The number of ether oxygens (including phenoxy) is 1. The van der Waals surface area contributed by atoms with Crippen LogP contribution in [0.25, 0.3) is 0 Å². The van der Waals surface area contributed by atoms with Crippen molar-refractivity contribution in [2.45, 2.75) is 38.6 Å². The van der Waals surface area contributed by atoms with E-state index < -0.39 is 0 Å². The Morgan fingerprint density at radius 1 is 1.50 bits per heavy atom. The number of anilines is 1. The molecule has 0 amide bonds. The molecule has 0 spiro atoms. The SMILES string of the molecule is Cc1cn([C@H]2CCC(CO)O2)c(=O)nc1NCc1ccco1. The predicted octanol–water partition coefficient (Wildman–Crippen LogP) is 1.43. The van der Waals surface area contributed by atoms with Gasteiger partial charge < -0.3 is 19.6 Å². The van der Waals surface area contributed by atoms with Crippen molar-refractivity contribution in [2.24, 2.45) is 0 Å². The average molecular weight is 305 g/mol. The van der Waals surface area contributed by atoms with Crippen LogP contribution in [0.3, 0.4) is 0 Å². The number of hydrogen-bond donors (Lipinski definition) is 2. The van der Waals surface area contributed by atoms with Crippen molar-refractivity contribution in [2.75, 3.05) is 11.9 Å². The van der Waals surface area contributed by atoms with Gasteiger partial charge >= 0.3 is 5.69 Å². The standard InChI is InChI=1S/C15H19N3O4/c1-10-8-18(13-5-4-12(9-19)22-13)15(20)17-14(10)16-7-11-3-2-6-21-11/h2-3,6,8,12-13,19H,4-5,7,9H2,1H3,(H,16,17,20)/t12?,13-/m1/s1. The van der Waals surface area contributed by atoms with Crippen LogP contribution >= 0.6 is 0 Å². The molecule has 2 N–H and O–H groups in total. The van der Waals surface area contributed by atoms with Gasteiger partial charge in [0.2, 0.25) is 0 Å². The van der Waals surface area contributed by atoms with Crippen LogP contribution in [-0.2, 0) is 11.3 Å². The largest absolute Gasteiger partial charge is 0.467 e. The lowest BCUT2D eigenvalue weighted by Gasteiger charge is -2.16. The Hall–Kier alpha value is -2.12. The first-order chi connectivity index (χ1) is 10.7. The van der Waals surface area contributed by atoms with E-state index >= 15 is 0 Å². The van der Waals surface area contributed by atoms with Crippen LogP contribution in [0, 0.1) is 6.92 Å². The van der Waals surface area contributed by atoms with Crippen molar-refractivity contribution < 1.29 is 14.3 Å². The quantitative estimate of drug-likeness (QED) is 0.868. The molecule has 2 aromatic heterocycles. The van der Waals surface area contributed by atoms with E-state index in [1.807, 2.05) is 19.1 Å². The molecule has 118 valence electrons. The summed E-state index contributed by atoms with van der Waals surface area (Å²) in [5.41, 5.74) is 0.485. The molecule has 3 heterocycles. The number of furan rings is 1. The Balaban J connectivity index is 1.75. The van der Waals surface area contributed by atoms with Gasteiger partial charge in [0, 0.05) is 11.8 Å². The van der Waals surface area contributed by atoms with E-state index in [0.29, 0.717) is 18.8 Å². The Bertz CT molecular complexity index is 681. The number of aliphatic hydroxyl groups is 1. The summed E-state index contributed by atoms with van der Waals surface area (Å²) < 4.78 is 12.4. The molecular formula is C15H19N3O4. The maximum Gasteiger partial charge on any atom is 0.351 e. The van der Waals surface area contributed by atoms with E-state index in [0.717, 1.165) is 17.7 Å². The van der Waals surface area contributed by atoms with Crippen molar-refractivity contribution >= 4 is 5.82 Å². The van der Waals surface area contributed by atoms with Crippen LogP contribution in [0.4, 0.5) is 5.82 Å².